The maximum atomic E-state index is 9.98. The van der Waals surface area contributed by atoms with Gasteiger partial charge in [0.1, 0.15) is 11.3 Å². The summed E-state index contributed by atoms with van der Waals surface area (Å²) < 4.78 is 10.8. The Morgan fingerprint density at radius 2 is 2.05 bits per heavy atom. The van der Waals surface area contributed by atoms with Crippen LogP contribution in [0.4, 0.5) is 0 Å². The first-order chi connectivity index (χ1) is 9.31. The monoisotopic (exact) mass is 257 g/mol. The quantitative estimate of drug-likeness (QED) is 0.763. The lowest BCUT2D eigenvalue weighted by Crippen LogP contribution is -2.11. The molecular formula is C15H15NO3. The van der Waals surface area contributed by atoms with E-state index in [2.05, 4.69) is 4.98 Å². The zero-order chi connectivity index (χ0) is 13.1. The van der Waals surface area contributed by atoms with Crippen molar-refractivity contribution in [3.05, 3.63) is 54.3 Å². The predicted octanol–water partition coefficient (Wildman–Crippen LogP) is 2.96. The van der Waals surface area contributed by atoms with Gasteiger partial charge in [-0.3, -0.25) is 0 Å². The van der Waals surface area contributed by atoms with E-state index in [-0.39, 0.29) is 0 Å². The van der Waals surface area contributed by atoms with E-state index in [1.807, 2.05) is 36.4 Å². The summed E-state index contributed by atoms with van der Waals surface area (Å²) in [5.74, 6) is 1.46. The minimum atomic E-state index is -0.474. The van der Waals surface area contributed by atoms with Crippen LogP contribution in [-0.4, -0.2) is 16.2 Å². The third-order valence-corrected chi connectivity index (χ3v) is 3.05. The Balaban J connectivity index is 1.60. The van der Waals surface area contributed by atoms with Gasteiger partial charge in [-0.05, 0) is 30.7 Å². The van der Waals surface area contributed by atoms with E-state index < -0.39 is 6.10 Å². The van der Waals surface area contributed by atoms with Crippen LogP contribution < -0.4 is 0 Å². The van der Waals surface area contributed by atoms with Crippen molar-refractivity contribution in [2.45, 2.75) is 25.4 Å². The fraction of sp³-hybridized carbons (Fsp3) is 0.267. The lowest BCUT2D eigenvalue weighted by atomic mass is 10.1. The van der Waals surface area contributed by atoms with Crippen LogP contribution in [0.1, 0.15) is 18.1 Å². The number of rotatable bonds is 5. The van der Waals surface area contributed by atoms with E-state index >= 15 is 0 Å². The average Bonchev–Trinajstić information content (AvgIpc) is 3.04. The molecule has 0 aliphatic rings. The number of aryl methyl sites for hydroxylation is 1. The summed E-state index contributed by atoms with van der Waals surface area (Å²) in [4.78, 5) is 4.35. The Kier molecular flexibility index (Phi) is 3.33. The van der Waals surface area contributed by atoms with Gasteiger partial charge in [-0.25, -0.2) is 4.98 Å². The highest BCUT2D eigenvalue weighted by Crippen LogP contribution is 2.17. The van der Waals surface area contributed by atoms with E-state index in [1.165, 1.54) is 0 Å². The number of fused-ring (bicyclic) bond motifs is 1. The molecule has 0 radical (unpaired) electrons. The molecule has 3 aromatic rings. The summed E-state index contributed by atoms with van der Waals surface area (Å²) in [6, 6.07) is 11.4. The predicted molar refractivity (Wildman–Crippen MR) is 70.7 cm³/mol. The lowest BCUT2D eigenvalue weighted by Gasteiger charge is -2.06. The van der Waals surface area contributed by atoms with Crippen LogP contribution >= 0.6 is 0 Å². The molecule has 0 fully saturated rings. The first kappa shape index (κ1) is 12.0. The van der Waals surface area contributed by atoms with Crippen molar-refractivity contribution in [1.82, 2.24) is 4.98 Å². The smallest absolute Gasteiger partial charge is 0.198 e. The molecule has 1 N–H and O–H groups in total. The number of aliphatic hydroxyl groups is 1. The number of nitrogens with zero attached hydrogens (tertiary/aromatic N) is 1. The van der Waals surface area contributed by atoms with Gasteiger partial charge in [0, 0.05) is 6.42 Å². The van der Waals surface area contributed by atoms with Crippen molar-refractivity contribution in [3.8, 4) is 0 Å². The summed E-state index contributed by atoms with van der Waals surface area (Å²) in [6.45, 7) is 0. The van der Waals surface area contributed by atoms with Crippen LogP contribution in [0.15, 0.2) is 51.5 Å². The average molecular weight is 257 g/mol. The van der Waals surface area contributed by atoms with Crippen molar-refractivity contribution in [3.63, 3.8) is 0 Å². The van der Waals surface area contributed by atoms with Crippen molar-refractivity contribution >= 4 is 11.1 Å². The molecule has 0 bridgehead atoms. The second kappa shape index (κ2) is 5.28. The summed E-state index contributed by atoms with van der Waals surface area (Å²) in [6.07, 6.45) is 2.94. The Bertz CT molecular complexity index is 609. The van der Waals surface area contributed by atoms with Gasteiger partial charge < -0.3 is 13.9 Å². The third-order valence-electron chi connectivity index (χ3n) is 3.05. The normalized spacial score (nSPS) is 12.9. The molecular weight excluding hydrogens is 242 g/mol. The summed E-state index contributed by atoms with van der Waals surface area (Å²) in [5, 5.41) is 9.98. The van der Waals surface area contributed by atoms with Crippen LogP contribution in [0.3, 0.4) is 0 Å². The lowest BCUT2D eigenvalue weighted by molar-refractivity contribution is 0.155. The number of furan rings is 1. The molecule has 1 aromatic carbocycles. The summed E-state index contributed by atoms with van der Waals surface area (Å²) >= 11 is 0. The fourth-order valence-corrected chi connectivity index (χ4v) is 2.07. The minimum Gasteiger partial charge on any atom is -0.469 e. The molecule has 1 atom stereocenters. The van der Waals surface area contributed by atoms with Crippen LogP contribution in [0.25, 0.3) is 11.1 Å². The minimum absolute atomic E-state index is 0.426. The first-order valence-electron chi connectivity index (χ1n) is 6.36. The number of oxazole rings is 1. The van der Waals surface area contributed by atoms with Crippen LogP contribution in [0, 0.1) is 0 Å². The number of aliphatic hydroxyl groups excluding tert-OH is 1. The van der Waals surface area contributed by atoms with Gasteiger partial charge in [0.25, 0.3) is 0 Å². The largest absolute Gasteiger partial charge is 0.469 e. The van der Waals surface area contributed by atoms with E-state index in [1.54, 1.807) is 6.26 Å². The highest BCUT2D eigenvalue weighted by atomic mass is 16.4. The molecule has 19 heavy (non-hydrogen) atoms. The van der Waals surface area contributed by atoms with Gasteiger partial charge in [0.05, 0.1) is 18.8 Å². The fourth-order valence-electron chi connectivity index (χ4n) is 2.07. The molecule has 0 spiro atoms. The maximum absolute atomic E-state index is 9.98. The van der Waals surface area contributed by atoms with Gasteiger partial charge >= 0.3 is 0 Å². The highest BCUT2D eigenvalue weighted by Gasteiger charge is 2.12. The Labute approximate surface area is 110 Å². The number of para-hydroxylation sites is 2. The Hall–Kier alpha value is -2.07. The number of hydrogen-bond acceptors (Lipinski definition) is 4. The number of hydrogen-bond donors (Lipinski definition) is 1. The zero-order valence-electron chi connectivity index (χ0n) is 10.5. The first-order valence-corrected chi connectivity index (χ1v) is 6.36. The molecule has 98 valence electrons. The summed E-state index contributed by atoms with van der Waals surface area (Å²) in [5.41, 5.74) is 1.59. The van der Waals surface area contributed by atoms with E-state index in [4.69, 9.17) is 8.83 Å². The maximum Gasteiger partial charge on any atom is 0.198 e. The van der Waals surface area contributed by atoms with Crippen LogP contribution in [0.2, 0.25) is 0 Å². The molecule has 0 saturated heterocycles. The zero-order valence-corrected chi connectivity index (χ0v) is 10.5. The van der Waals surface area contributed by atoms with Crippen LogP contribution in [-0.2, 0) is 12.8 Å². The summed E-state index contributed by atoms with van der Waals surface area (Å²) in [7, 11) is 0. The van der Waals surface area contributed by atoms with E-state index in [0.29, 0.717) is 25.2 Å². The molecule has 0 amide bonds. The van der Waals surface area contributed by atoms with Gasteiger partial charge in [-0.2, -0.15) is 0 Å². The second-order valence-electron chi connectivity index (χ2n) is 4.55. The molecule has 0 aliphatic heterocycles. The standard InChI is InChI=1S/C15H15NO3/c17-11(7-8-12-4-3-9-18-12)10-15-16-13-5-1-2-6-14(13)19-15/h1-6,9,11,17H,7-8,10H2. The molecule has 3 rings (SSSR count). The van der Waals surface area contributed by atoms with Crippen molar-refractivity contribution in [1.29, 1.82) is 0 Å². The van der Waals surface area contributed by atoms with Crippen molar-refractivity contribution < 1.29 is 13.9 Å². The van der Waals surface area contributed by atoms with Gasteiger partial charge in [0.2, 0.25) is 0 Å². The van der Waals surface area contributed by atoms with Crippen molar-refractivity contribution in [2.24, 2.45) is 0 Å². The number of aromatic nitrogens is 1. The number of benzene rings is 1. The van der Waals surface area contributed by atoms with Crippen molar-refractivity contribution in [2.75, 3.05) is 0 Å². The second-order valence-corrected chi connectivity index (χ2v) is 4.55. The molecule has 4 heteroatoms. The molecule has 0 aliphatic carbocycles. The van der Waals surface area contributed by atoms with Crippen LogP contribution in [0.5, 0.6) is 0 Å². The molecule has 1 unspecified atom stereocenters. The van der Waals surface area contributed by atoms with Gasteiger partial charge in [-0.15, -0.1) is 0 Å². The highest BCUT2D eigenvalue weighted by molar-refractivity contribution is 5.72. The Morgan fingerprint density at radius 1 is 1.16 bits per heavy atom. The Morgan fingerprint density at radius 3 is 2.84 bits per heavy atom. The molecule has 0 saturated carbocycles. The third kappa shape index (κ3) is 2.85. The topological polar surface area (TPSA) is 59.4 Å². The van der Waals surface area contributed by atoms with E-state index in [9.17, 15) is 5.11 Å². The molecule has 4 nitrogen and oxygen atoms in total. The van der Waals surface area contributed by atoms with E-state index in [0.717, 1.165) is 16.9 Å². The van der Waals surface area contributed by atoms with Gasteiger partial charge in [0.15, 0.2) is 11.5 Å². The molecule has 2 aromatic heterocycles. The SMILES string of the molecule is OC(CCc1ccco1)Cc1nc2ccccc2o1. The molecule has 2 heterocycles. The van der Waals surface area contributed by atoms with Gasteiger partial charge in [-0.1, -0.05) is 12.1 Å².